The van der Waals surface area contributed by atoms with Crippen molar-refractivity contribution in [1.29, 1.82) is 0 Å². The fourth-order valence-corrected chi connectivity index (χ4v) is 2.54. The fourth-order valence-electron chi connectivity index (χ4n) is 1.90. The first kappa shape index (κ1) is 15.0. The van der Waals surface area contributed by atoms with Crippen LogP contribution in [-0.4, -0.2) is 38.1 Å². The third-order valence-electron chi connectivity index (χ3n) is 3.22. The Morgan fingerprint density at radius 2 is 2.20 bits per heavy atom. The molecule has 110 valence electrons. The molecule has 1 aromatic heterocycles. The topological polar surface area (TPSA) is 67.4 Å². The predicted octanol–water partition coefficient (Wildman–Crippen LogP) is 1.41. The molecule has 20 heavy (non-hydrogen) atoms. The molecule has 6 heteroatoms. The van der Waals surface area contributed by atoms with Crippen LogP contribution >= 0.6 is 11.3 Å². The van der Waals surface area contributed by atoms with Crippen molar-refractivity contribution in [2.24, 2.45) is 5.41 Å². The van der Waals surface area contributed by atoms with Crippen LogP contribution in [0.1, 0.15) is 29.4 Å². The summed E-state index contributed by atoms with van der Waals surface area (Å²) in [6, 6.07) is 3.63. The highest BCUT2D eigenvalue weighted by Gasteiger charge is 2.33. The molecule has 0 atom stereocenters. The zero-order valence-corrected chi connectivity index (χ0v) is 12.4. The Hall–Kier alpha value is -1.40. The summed E-state index contributed by atoms with van der Waals surface area (Å²) in [5, 5.41) is 7.59. The number of thiophene rings is 1. The second-order valence-electron chi connectivity index (χ2n) is 5.42. The molecule has 0 radical (unpaired) electrons. The van der Waals surface area contributed by atoms with Crippen molar-refractivity contribution in [3.63, 3.8) is 0 Å². The third kappa shape index (κ3) is 4.31. The van der Waals surface area contributed by atoms with E-state index in [2.05, 4.69) is 17.6 Å². The molecular weight excluding hydrogens is 276 g/mol. The molecule has 2 N–H and O–H groups in total. The van der Waals surface area contributed by atoms with Gasteiger partial charge in [-0.2, -0.15) is 0 Å². The van der Waals surface area contributed by atoms with Crippen LogP contribution in [0.25, 0.3) is 0 Å². The maximum atomic E-state index is 11.6. The van der Waals surface area contributed by atoms with E-state index in [0.717, 1.165) is 0 Å². The van der Waals surface area contributed by atoms with Gasteiger partial charge in [-0.3, -0.25) is 9.59 Å². The number of rotatable bonds is 7. The lowest BCUT2D eigenvalue weighted by molar-refractivity contribution is -0.126. The van der Waals surface area contributed by atoms with Crippen LogP contribution in [0.2, 0.25) is 0 Å². The molecule has 2 rings (SSSR count). The monoisotopic (exact) mass is 296 g/mol. The Kier molecular flexibility index (Phi) is 5.14. The summed E-state index contributed by atoms with van der Waals surface area (Å²) in [7, 11) is 0. The standard InChI is InChI=1S/C14H20N2O3S/c1-14(9-19-10-14)8-16-12(17)5-2-6-15-13(18)11-4-3-7-20-11/h3-4,7H,2,5-6,8-10H2,1H3,(H,15,18)(H,16,17). The summed E-state index contributed by atoms with van der Waals surface area (Å²) in [5.41, 5.74) is 0.100. The summed E-state index contributed by atoms with van der Waals surface area (Å²) in [6.45, 7) is 4.70. The molecule has 0 saturated carbocycles. The summed E-state index contributed by atoms with van der Waals surface area (Å²) in [6.07, 6.45) is 1.08. The van der Waals surface area contributed by atoms with Crippen LogP contribution in [0.5, 0.6) is 0 Å². The summed E-state index contributed by atoms with van der Waals surface area (Å²) in [5.74, 6) is -0.0389. The van der Waals surface area contributed by atoms with E-state index in [1.54, 1.807) is 6.07 Å². The Balaban J connectivity index is 1.54. The first-order valence-electron chi connectivity index (χ1n) is 6.75. The minimum atomic E-state index is -0.0699. The Morgan fingerprint density at radius 3 is 2.80 bits per heavy atom. The zero-order chi connectivity index (χ0) is 14.4. The SMILES string of the molecule is CC1(CNC(=O)CCCNC(=O)c2cccs2)COC1. The van der Waals surface area contributed by atoms with Crippen molar-refractivity contribution < 1.29 is 14.3 Å². The van der Waals surface area contributed by atoms with Crippen LogP contribution in [0.3, 0.4) is 0 Å². The lowest BCUT2D eigenvalue weighted by Gasteiger charge is -2.38. The van der Waals surface area contributed by atoms with Crippen molar-refractivity contribution in [3.05, 3.63) is 22.4 Å². The van der Waals surface area contributed by atoms with E-state index in [1.807, 2.05) is 11.4 Å². The molecule has 1 aliphatic heterocycles. The molecule has 0 spiro atoms. The van der Waals surface area contributed by atoms with Gasteiger partial charge in [0.2, 0.25) is 5.91 Å². The van der Waals surface area contributed by atoms with Gasteiger partial charge in [0.15, 0.2) is 0 Å². The number of hydrogen-bond acceptors (Lipinski definition) is 4. The van der Waals surface area contributed by atoms with Gasteiger partial charge >= 0.3 is 0 Å². The van der Waals surface area contributed by atoms with Crippen molar-refractivity contribution in [2.45, 2.75) is 19.8 Å². The Bertz CT molecular complexity index is 455. The highest BCUT2D eigenvalue weighted by atomic mass is 32.1. The third-order valence-corrected chi connectivity index (χ3v) is 4.09. The van der Waals surface area contributed by atoms with E-state index in [4.69, 9.17) is 4.74 Å². The van der Waals surface area contributed by atoms with E-state index < -0.39 is 0 Å². The maximum absolute atomic E-state index is 11.6. The first-order chi connectivity index (χ1) is 9.59. The van der Waals surface area contributed by atoms with Crippen LogP contribution in [0, 0.1) is 5.41 Å². The molecule has 0 aromatic carbocycles. The van der Waals surface area contributed by atoms with Crippen LogP contribution in [0.4, 0.5) is 0 Å². The van der Waals surface area contributed by atoms with Gasteiger partial charge in [0.25, 0.3) is 5.91 Å². The number of hydrogen-bond donors (Lipinski definition) is 2. The largest absolute Gasteiger partial charge is 0.380 e. The Morgan fingerprint density at radius 1 is 1.40 bits per heavy atom. The van der Waals surface area contributed by atoms with E-state index in [1.165, 1.54) is 11.3 Å². The molecule has 1 fully saturated rings. The first-order valence-corrected chi connectivity index (χ1v) is 7.63. The van der Waals surface area contributed by atoms with E-state index in [9.17, 15) is 9.59 Å². The van der Waals surface area contributed by atoms with Gasteiger partial charge in [-0.15, -0.1) is 11.3 Å². The van der Waals surface area contributed by atoms with Crippen LogP contribution in [0.15, 0.2) is 17.5 Å². The van der Waals surface area contributed by atoms with E-state index in [-0.39, 0.29) is 17.2 Å². The lowest BCUT2D eigenvalue weighted by Crippen LogP contribution is -2.48. The number of carbonyl (C=O) groups is 2. The maximum Gasteiger partial charge on any atom is 0.261 e. The molecule has 1 saturated heterocycles. The predicted molar refractivity (Wildman–Crippen MR) is 77.8 cm³/mol. The van der Waals surface area contributed by atoms with Crippen LogP contribution in [-0.2, 0) is 9.53 Å². The number of ether oxygens (including phenoxy) is 1. The molecule has 2 amide bonds. The second-order valence-corrected chi connectivity index (χ2v) is 6.36. The van der Waals surface area contributed by atoms with Gasteiger partial charge < -0.3 is 15.4 Å². The minimum Gasteiger partial charge on any atom is -0.380 e. The smallest absolute Gasteiger partial charge is 0.261 e. The molecule has 1 aromatic rings. The van der Waals surface area contributed by atoms with Gasteiger partial charge in [-0.25, -0.2) is 0 Å². The Labute approximate surface area is 122 Å². The molecule has 2 heterocycles. The van der Waals surface area contributed by atoms with Gasteiger partial charge in [-0.05, 0) is 17.9 Å². The van der Waals surface area contributed by atoms with Gasteiger partial charge in [0.1, 0.15) is 0 Å². The summed E-state index contributed by atoms with van der Waals surface area (Å²) in [4.78, 5) is 24.0. The summed E-state index contributed by atoms with van der Waals surface area (Å²) < 4.78 is 5.13. The van der Waals surface area contributed by atoms with Crippen molar-refractivity contribution in [1.82, 2.24) is 10.6 Å². The average molecular weight is 296 g/mol. The highest BCUT2D eigenvalue weighted by molar-refractivity contribution is 7.12. The molecule has 1 aliphatic rings. The quantitative estimate of drug-likeness (QED) is 0.748. The highest BCUT2D eigenvalue weighted by Crippen LogP contribution is 2.24. The lowest BCUT2D eigenvalue weighted by atomic mass is 9.89. The number of amides is 2. The molecular formula is C14H20N2O3S. The number of nitrogens with one attached hydrogen (secondary N) is 2. The molecule has 0 unspecified atom stereocenters. The van der Waals surface area contributed by atoms with E-state index in [0.29, 0.717) is 44.0 Å². The molecule has 0 aliphatic carbocycles. The van der Waals surface area contributed by atoms with Crippen molar-refractivity contribution >= 4 is 23.2 Å². The minimum absolute atomic E-state index is 0.0310. The molecule has 0 bridgehead atoms. The second kappa shape index (κ2) is 6.85. The number of carbonyl (C=O) groups excluding carboxylic acids is 2. The van der Waals surface area contributed by atoms with Crippen LogP contribution < -0.4 is 10.6 Å². The summed E-state index contributed by atoms with van der Waals surface area (Å²) >= 11 is 1.41. The van der Waals surface area contributed by atoms with E-state index >= 15 is 0 Å². The normalized spacial score (nSPS) is 16.2. The van der Waals surface area contributed by atoms with Gasteiger partial charge in [-0.1, -0.05) is 13.0 Å². The zero-order valence-electron chi connectivity index (χ0n) is 11.6. The molecule has 5 nitrogen and oxygen atoms in total. The average Bonchev–Trinajstić information content (AvgIpc) is 2.93. The van der Waals surface area contributed by atoms with Gasteiger partial charge in [0.05, 0.1) is 18.1 Å². The fraction of sp³-hybridized carbons (Fsp3) is 0.571. The van der Waals surface area contributed by atoms with Gasteiger partial charge in [0, 0.05) is 24.9 Å². The van der Waals surface area contributed by atoms with Crippen molar-refractivity contribution in [3.8, 4) is 0 Å². The van der Waals surface area contributed by atoms with Crippen molar-refractivity contribution in [2.75, 3.05) is 26.3 Å².